The average molecular weight is 641 g/mol. The molecule has 2 rings (SSSR count). The monoisotopic (exact) mass is 640 g/mol. The van der Waals surface area contributed by atoms with E-state index in [2.05, 4.69) is 126 Å². The van der Waals surface area contributed by atoms with E-state index in [1.165, 1.54) is 32.7 Å². The van der Waals surface area contributed by atoms with Crippen LogP contribution in [0.5, 0.6) is 0 Å². The van der Waals surface area contributed by atoms with Gasteiger partial charge in [-0.2, -0.15) is 0 Å². The standard InChI is InChI=1S/C37H60O3SSi2/c1-14-29(18-17-23-37(38,15-2)16-3)32-25-28(26-41-32)20-19-27-21-22-30(35(10,11)39-42-33(4,5)6)31(24-27)36(12,13)40-43-34(7,8)9/h18,21-22,24-26,38H,14-17,19-20,23H2,1-13H3. The van der Waals surface area contributed by atoms with Crippen molar-refractivity contribution >= 4 is 36.4 Å². The van der Waals surface area contributed by atoms with Crippen molar-refractivity contribution in [3.8, 4) is 0 Å². The van der Waals surface area contributed by atoms with Gasteiger partial charge in [0.15, 0.2) is 0 Å². The van der Waals surface area contributed by atoms with Crippen LogP contribution < -0.4 is 0 Å². The molecule has 1 N–H and O–H groups in total. The van der Waals surface area contributed by atoms with Gasteiger partial charge >= 0.3 is 0 Å². The molecule has 0 saturated heterocycles. The Kier molecular flexibility index (Phi) is 13.8. The quantitative estimate of drug-likeness (QED) is 0.186. The molecule has 0 spiro atoms. The van der Waals surface area contributed by atoms with E-state index >= 15 is 0 Å². The molecule has 2 aromatic rings. The third kappa shape index (κ3) is 12.4. The summed E-state index contributed by atoms with van der Waals surface area (Å²) in [5.41, 5.74) is 5.18. The zero-order chi connectivity index (χ0) is 32.7. The summed E-state index contributed by atoms with van der Waals surface area (Å²) < 4.78 is 13.2. The summed E-state index contributed by atoms with van der Waals surface area (Å²) in [4.78, 5) is 1.36. The molecule has 43 heavy (non-hydrogen) atoms. The van der Waals surface area contributed by atoms with Gasteiger partial charge < -0.3 is 14.0 Å². The molecule has 240 valence electrons. The van der Waals surface area contributed by atoms with Crippen molar-refractivity contribution in [1.29, 1.82) is 0 Å². The van der Waals surface area contributed by atoms with Crippen LogP contribution in [-0.4, -0.2) is 30.2 Å². The summed E-state index contributed by atoms with van der Waals surface area (Å²) >= 11 is 1.85. The average Bonchev–Trinajstić information content (AvgIpc) is 3.40. The lowest BCUT2D eigenvalue weighted by molar-refractivity contribution is 0.0246. The minimum Gasteiger partial charge on any atom is -0.408 e. The lowest BCUT2D eigenvalue weighted by atomic mass is 9.84. The first-order valence-electron chi connectivity index (χ1n) is 16.3. The number of hydrogen-bond acceptors (Lipinski definition) is 4. The zero-order valence-electron chi connectivity index (χ0n) is 29.6. The highest BCUT2D eigenvalue weighted by atomic mass is 32.1. The minimum absolute atomic E-state index is 0.115. The molecule has 0 amide bonds. The van der Waals surface area contributed by atoms with Crippen molar-refractivity contribution in [1.82, 2.24) is 0 Å². The van der Waals surface area contributed by atoms with Crippen LogP contribution in [0.3, 0.4) is 0 Å². The summed E-state index contributed by atoms with van der Waals surface area (Å²) in [6.07, 6.45) is 8.73. The maximum absolute atomic E-state index is 10.7. The van der Waals surface area contributed by atoms with Crippen LogP contribution in [0, 0.1) is 0 Å². The molecule has 0 saturated carbocycles. The topological polar surface area (TPSA) is 38.7 Å². The fraction of sp³-hybridized carbons (Fsp3) is 0.676. The summed E-state index contributed by atoms with van der Waals surface area (Å²) in [6, 6.07) is 9.33. The highest BCUT2D eigenvalue weighted by Crippen LogP contribution is 2.39. The van der Waals surface area contributed by atoms with Crippen LogP contribution in [0.2, 0.25) is 10.1 Å². The van der Waals surface area contributed by atoms with Crippen molar-refractivity contribution in [2.75, 3.05) is 0 Å². The van der Waals surface area contributed by atoms with Gasteiger partial charge in [-0.25, -0.2) is 0 Å². The van der Waals surface area contributed by atoms with Gasteiger partial charge in [-0.15, -0.1) is 11.3 Å². The highest BCUT2D eigenvalue weighted by Gasteiger charge is 2.34. The molecular weight excluding hydrogens is 581 g/mol. The summed E-state index contributed by atoms with van der Waals surface area (Å²) in [5.74, 6) is 0. The predicted octanol–water partition coefficient (Wildman–Crippen LogP) is 10.8. The fourth-order valence-corrected chi connectivity index (χ4v) is 7.35. The molecule has 0 aliphatic carbocycles. The number of aliphatic hydroxyl groups is 1. The molecule has 1 heterocycles. The number of allylic oxidation sites excluding steroid dienone is 2. The second-order valence-electron chi connectivity index (χ2n) is 15.2. The molecule has 0 aliphatic heterocycles. The maximum atomic E-state index is 10.7. The zero-order valence-corrected chi connectivity index (χ0v) is 32.4. The molecule has 1 aromatic heterocycles. The Morgan fingerprint density at radius 2 is 1.30 bits per heavy atom. The highest BCUT2D eigenvalue weighted by molar-refractivity contribution is 7.11. The smallest absolute Gasteiger partial charge is 0.236 e. The van der Waals surface area contributed by atoms with Gasteiger partial charge in [0.05, 0.1) is 16.8 Å². The number of benzene rings is 1. The molecule has 3 nitrogen and oxygen atoms in total. The SMILES string of the molecule is CCC(=CCCC(O)(CC)CC)c1cc(CCc2ccc(C(C)(C)O[Si]C(C)(C)C)c(C(C)(C)O[Si]C(C)(C)C)c2)cs1. The predicted molar refractivity (Wildman–Crippen MR) is 190 cm³/mol. The number of aryl methyl sites for hydroxylation is 2. The fourth-order valence-electron chi connectivity index (χ4n) is 4.94. The minimum atomic E-state index is -0.536. The first kappa shape index (κ1) is 38.2. The molecule has 0 fully saturated rings. The Bertz CT molecular complexity index is 1180. The van der Waals surface area contributed by atoms with Gasteiger partial charge in [-0.3, -0.25) is 0 Å². The van der Waals surface area contributed by atoms with Crippen LogP contribution in [-0.2, 0) is 32.9 Å². The Hall–Kier alpha value is -1.03. The normalized spacial score (nSPS) is 14.0. The van der Waals surface area contributed by atoms with Crippen LogP contribution >= 0.6 is 11.3 Å². The van der Waals surface area contributed by atoms with E-state index in [0.29, 0.717) is 19.5 Å². The Labute approximate surface area is 274 Å². The molecular formula is C37H60O3SSi2. The summed E-state index contributed by atoms with van der Waals surface area (Å²) in [6.45, 7) is 28.6. The second kappa shape index (κ2) is 15.5. The first-order chi connectivity index (χ1) is 19.7. The van der Waals surface area contributed by atoms with Gasteiger partial charge in [0.1, 0.15) is 0 Å². The second-order valence-corrected chi connectivity index (χ2v) is 19.9. The molecule has 4 radical (unpaired) electrons. The van der Waals surface area contributed by atoms with Crippen LogP contribution in [0.4, 0.5) is 0 Å². The third-order valence-corrected chi connectivity index (χ3v) is 11.5. The van der Waals surface area contributed by atoms with E-state index in [9.17, 15) is 5.11 Å². The molecule has 0 bridgehead atoms. The lowest BCUT2D eigenvalue weighted by Crippen LogP contribution is -2.34. The number of hydrogen-bond donors (Lipinski definition) is 1. The van der Waals surface area contributed by atoms with Crippen LogP contribution in [0.25, 0.3) is 5.57 Å². The van der Waals surface area contributed by atoms with Crippen molar-refractivity contribution in [2.24, 2.45) is 0 Å². The van der Waals surface area contributed by atoms with Crippen LogP contribution in [0.15, 0.2) is 35.7 Å². The van der Waals surface area contributed by atoms with E-state index in [4.69, 9.17) is 8.85 Å². The maximum Gasteiger partial charge on any atom is 0.236 e. The van der Waals surface area contributed by atoms with Gasteiger partial charge in [-0.1, -0.05) is 86.6 Å². The van der Waals surface area contributed by atoms with Gasteiger partial charge in [0, 0.05) is 4.88 Å². The molecule has 0 atom stereocenters. The molecule has 6 heteroatoms. The Morgan fingerprint density at radius 1 is 0.767 bits per heavy atom. The van der Waals surface area contributed by atoms with Gasteiger partial charge in [-0.05, 0) is 122 Å². The van der Waals surface area contributed by atoms with E-state index in [-0.39, 0.29) is 10.1 Å². The van der Waals surface area contributed by atoms with E-state index in [1.54, 1.807) is 0 Å². The van der Waals surface area contributed by atoms with E-state index < -0.39 is 16.8 Å². The number of thiophene rings is 1. The van der Waals surface area contributed by atoms with Crippen LogP contribution in [0.1, 0.15) is 149 Å². The van der Waals surface area contributed by atoms with E-state index in [0.717, 1.165) is 44.9 Å². The number of rotatable bonds is 16. The van der Waals surface area contributed by atoms with Crippen molar-refractivity contribution in [3.05, 3.63) is 62.9 Å². The summed E-state index contributed by atoms with van der Waals surface area (Å²) in [5, 5.41) is 13.2. The lowest BCUT2D eigenvalue weighted by Gasteiger charge is -2.37. The Balaban J connectivity index is 2.28. The van der Waals surface area contributed by atoms with E-state index in [1.807, 2.05) is 11.3 Å². The first-order valence-corrected chi connectivity index (χ1v) is 19.0. The molecule has 1 aromatic carbocycles. The molecule has 0 unspecified atom stereocenters. The third-order valence-electron chi connectivity index (χ3n) is 7.98. The van der Waals surface area contributed by atoms with Crippen molar-refractivity contribution in [2.45, 2.75) is 162 Å². The van der Waals surface area contributed by atoms with Crippen molar-refractivity contribution in [3.63, 3.8) is 0 Å². The van der Waals surface area contributed by atoms with Gasteiger partial charge in [0.2, 0.25) is 19.5 Å². The Morgan fingerprint density at radius 3 is 1.81 bits per heavy atom. The largest absolute Gasteiger partial charge is 0.408 e. The summed E-state index contributed by atoms with van der Waals surface area (Å²) in [7, 11) is 0.814. The van der Waals surface area contributed by atoms with Crippen molar-refractivity contribution < 1.29 is 14.0 Å². The molecule has 0 aliphatic rings. The van der Waals surface area contributed by atoms with Gasteiger partial charge in [0.25, 0.3) is 0 Å².